The van der Waals surface area contributed by atoms with Crippen molar-refractivity contribution in [3.63, 3.8) is 0 Å². The lowest BCUT2D eigenvalue weighted by atomic mass is 9.89. The van der Waals surface area contributed by atoms with Gasteiger partial charge in [0.25, 0.3) is 0 Å². The number of carbonyl (C=O) groups is 3. The Balaban J connectivity index is 1.93. The molecule has 1 aromatic carbocycles. The van der Waals surface area contributed by atoms with Crippen molar-refractivity contribution in [1.29, 1.82) is 0 Å². The van der Waals surface area contributed by atoms with E-state index < -0.39 is 11.6 Å². The van der Waals surface area contributed by atoms with Gasteiger partial charge in [0.05, 0.1) is 19.8 Å². The number of H-pyrrole nitrogens is 1. The lowest BCUT2D eigenvalue weighted by Gasteiger charge is -2.23. The summed E-state index contributed by atoms with van der Waals surface area (Å²) in [5.74, 6) is -1.41. The average Bonchev–Trinajstić information content (AvgIpc) is 3.30. The summed E-state index contributed by atoms with van der Waals surface area (Å²) in [6.45, 7) is 11.6. The van der Waals surface area contributed by atoms with E-state index in [9.17, 15) is 14.4 Å². The average molecular weight is 511 g/mol. The molecule has 0 radical (unpaired) electrons. The van der Waals surface area contributed by atoms with E-state index in [-0.39, 0.29) is 36.2 Å². The van der Waals surface area contributed by atoms with Crippen LogP contribution in [0.1, 0.15) is 73.9 Å². The molecule has 1 aromatic heterocycles. The van der Waals surface area contributed by atoms with Crippen LogP contribution in [0.15, 0.2) is 36.0 Å². The molecule has 1 amide bonds. The predicted octanol–water partition coefficient (Wildman–Crippen LogP) is 4.71. The van der Waals surface area contributed by atoms with Crippen LogP contribution >= 0.6 is 0 Å². The van der Waals surface area contributed by atoms with Gasteiger partial charge in [-0.25, -0.2) is 4.79 Å². The highest BCUT2D eigenvalue weighted by Crippen LogP contribution is 2.34. The van der Waals surface area contributed by atoms with Crippen molar-refractivity contribution in [2.75, 3.05) is 7.11 Å². The van der Waals surface area contributed by atoms with Crippen molar-refractivity contribution in [3.8, 4) is 0 Å². The molecule has 0 bridgehead atoms. The third kappa shape index (κ3) is 7.10. The normalized spacial score (nSPS) is 19.5. The molecule has 2 heterocycles. The van der Waals surface area contributed by atoms with Gasteiger partial charge in [-0.05, 0) is 63.8 Å². The molecule has 0 aliphatic carbocycles. The van der Waals surface area contributed by atoms with Gasteiger partial charge in [0, 0.05) is 29.6 Å². The Labute approximate surface area is 218 Å². The molecule has 3 rings (SSSR count). The number of aromatic amines is 1. The molecule has 2 aromatic rings. The van der Waals surface area contributed by atoms with Gasteiger partial charge in [-0.3, -0.25) is 9.59 Å². The number of hydrogen-bond donors (Lipinski definition) is 2. The Bertz CT molecular complexity index is 1160. The van der Waals surface area contributed by atoms with E-state index in [0.717, 1.165) is 16.8 Å². The summed E-state index contributed by atoms with van der Waals surface area (Å²) < 4.78 is 16.6. The Kier molecular flexibility index (Phi) is 8.97. The van der Waals surface area contributed by atoms with Gasteiger partial charge >= 0.3 is 11.9 Å². The molecule has 1 aliphatic heterocycles. The number of nitrogens with one attached hydrogen (secondary N) is 2. The minimum Gasteiger partial charge on any atom is -0.469 e. The van der Waals surface area contributed by atoms with E-state index in [2.05, 4.69) is 10.3 Å². The molecule has 8 nitrogen and oxygen atoms in total. The summed E-state index contributed by atoms with van der Waals surface area (Å²) in [6.07, 6.45) is 2.07. The van der Waals surface area contributed by atoms with Crippen LogP contribution in [-0.4, -0.2) is 41.6 Å². The third-order valence-electron chi connectivity index (χ3n) is 6.57. The van der Waals surface area contributed by atoms with Crippen LogP contribution in [0.4, 0.5) is 0 Å². The second kappa shape index (κ2) is 11.8. The van der Waals surface area contributed by atoms with Crippen molar-refractivity contribution in [3.05, 3.63) is 64.1 Å². The third-order valence-corrected chi connectivity index (χ3v) is 6.57. The summed E-state index contributed by atoms with van der Waals surface area (Å²) in [5, 5.41) is 3.00. The fraction of sp³-hybridized carbons (Fsp3) is 0.483. The zero-order valence-electron chi connectivity index (χ0n) is 22.8. The van der Waals surface area contributed by atoms with Crippen molar-refractivity contribution in [2.24, 2.45) is 11.8 Å². The van der Waals surface area contributed by atoms with E-state index in [0.29, 0.717) is 30.0 Å². The standard InChI is InChI=1S/C29H38N2O6/c1-17-21(13-14-24(32)35-7)26(28(34)37-29(4,5)6)30-22(17)15-23-25(18(2)27(33)31-23)19(3)36-16-20-11-9-8-10-12-20/h8-12,15,18-19,25,30H,13-14,16H2,1-7H3,(H,31,33)/b23-15-/t18-,19?,25?/m1/s1. The van der Waals surface area contributed by atoms with Gasteiger partial charge in [-0.1, -0.05) is 37.3 Å². The first-order valence-corrected chi connectivity index (χ1v) is 12.6. The van der Waals surface area contributed by atoms with E-state index in [4.69, 9.17) is 14.2 Å². The van der Waals surface area contributed by atoms with Crippen LogP contribution in [-0.2, 0) is 36.8 Å². The number of aromatic nitrogens is 1. The summed E-state index contributed by atoms with van der Waals surface area (Å²) in [4.78, 5) is 40.7. The van der Waals surface area contributed by atoms with Crippen molar-refractivity contribution in [2.45, 2.75) is 72.7 Å². The molecule has 1 fully saturated rings. The van der Waals surface area contributed by atoms with E-state index in [1.54, 1.807) is 20.8 Å². The lowest BCUT2D eigenvalue weighted by molar-refractivity contribution is -0.140. The largest absolute Gasteiger partial charge is 0.469 e. The first-order valence-electron chi connectivity index (χ1n) is 12.6. The number of amides is 1. The number of ether oxygens (including phenoxy) is 3. The molecule has 200 valence electrons. The van der Waals surface area contributed by atoms with Crippen LogP contribution in [0, 0.1) is 18.8 Å². The highest BCUT2D eigenvalue weighted by molar-refractivity contribution is 5.91. The fourth-order valence-electron chi connectivity index (χ4n) is 4.57. The number of methoxy groups -OCH3 is 1. The molecule has 0 spiro atoms. The topological polar surface area (TPSA) is 107 Å². The lowest BCUT2D eigenvalue weighted by Crippen LogP contribution is -2.26. The van der Waals surface area contributed by atoms with E-state index >= 15 is 0 Å². The highest BCUT2D eigenvalue weighted by atomic mass is 16.6. The predicted molar refractivity (Wildman–Crippen MR) is 141 cm³/mol. The number of benzene rings is 1. The molecule has 1 saturated heterocycles. The van der Waals surface area contributed by atoms with Crippen LogP contribution in [0.2, 0.25) is 0 Å². The molecule has 37 heavy (non-hydrogen) atoms. The molecule has 3 atom stereocenters. The number of esters is 2. The second-order valence-electron chi connectivity index (χ2n) is 10.5. The molecular weight excluding hydrogens is 472 g/mol. The second-order valence-corrected chi connectivity index (χ2v) is 10.5. The molecule has 0 saturated carbocycles. The van der Waals surface area contributed by atoms with Gasteiger partial charge in [-0.15, -0.1) is 0 Å². The number of hydrogen-bond acceptors (Lipinski definition) is 6. The molecule has 8 heteroatoms. The maximum Gasteiger partial charge on any atom is 0.355 e. The molecule has 2 N–H and O–H groups in total. The van der Waals surface area contributed by atoms with Gasteiger partial charge in [0.1, 0.15) is 11.3 Å². The van der Waals surface area contributed by atoms with Crippen molar-refractivity contribution < 1.29 is 28.6 Å². The zero-order chi connectivity index (χ0) is 27.3. The van der Waals surface area contributed by atoms with Crippen LogP contribution in [0.5, 0.6) is 0 Å². The first-order chi connectivity index (χ1) is 17.4. The van der Waals surface area contributed by atoms with Crippen LogP contribution in [0.25, 0.3) is 6.08 Å². The Morgan fingerprint density at radius 1 is 1.16 bits per heavy atom. The zero-order valence-corrected chi connectivity index (χ0v) is 22.8. The SMILES string of the molecule is COC(=O)CCc1c(C(=O)OC(C)(C)C)[nH]c(/C=C2\NC(=O)[C@H](C)C2C(C)OCc2ccccc2)c1C. The Morgan fingerprint density at radius 2 is 1.84 bits per heavy atom. The summed E-state index contributed by atoms with van der Waals surface area (Å²) in [5.41, 5.74) is 3.56. The van der Waals surface area contributed by atoms with Gasteiger partial charge in [0.15, 0.2) is 0 Å². The van der Waals surface area contributed by atoms with Crippen molar-refractivity contribution >= 4 is 23.9 Å². The minimum absolute atomic E-state index is 0.0751. The van der Waals surface area contributed by atoms with Crippen molar-refractivity contribution in [1.82, 2.24) is 10.3 Å². The monoisotopic (exact) mass is 510 g/mol. The Morgan fingerprint density at radius 3 is 2.46 bits per heavy atom. The van der Waals surface area contributed by atoms with Gasteiger partial charge in [0.2, 0.25) is 5.91 Å². The molecule has 1 aliphatic rings. The van der Waals surface area contributed by atoms with Gasteiger partial charge < -0.3 is 24.5 Å². The van der Waals surface area contributed by atoms with Crippen LogP contribution < -0.4 is 5.32 Å². The molecular formula is C29H38N2O6. The Hall–Kier alpha value is -3.39. The smallest absolute Gasteiger partial charge is 0.355 e. The summed E-state index contributed by atoms with van der Waals surface area (Å²) in [6, 6.07) is 9.89. The maximum absolute atomic E-state index is 13.0. The fourth-order valence-corrected chi connectivity index (χ4v) is 4.57. The number of carbonyl (C=O) groups excluding carboxylic acids is 3. The summed E-state index contributed by atoms with van der Waals surface area (Å²) in [7, 11) is 1.34. The van der Waals surface area contributed by atoms with E-state index in [1.165, 1.54) is 7.11 Å². The van der Waals surface area contributed by atoms with E-state index in [1.807, 2.05) is 57.2 Å². The maximum atomic E-state index is 13.0. The highest BCUT2D eigenvalue weighted by Gasteiger charge is 2.39. The van der Waals surface area contributed by atoms with Crippen LogP contribution in [0.3, 0.4) is 0 Å². The van der Waals surface area contributed by atoms with Gasteiger partial charge in [-0.2, -0.15) is 0 Å². The minimum atomic E-state index is -0.681. The quantitative estimate of drug-likeness (QED) is 0.473. The molecule has 2 unspecified atom stereocenters. The number of rotatable bonds is 9. The summed E-state index contributed by atoms with van der Waals surface area (Å²) >= 11 is 0. The first kappa shape index (κ1) is 28.2.